The molecule has 2 aromatic rings. The van der Waals surface area contributed by atoms with E-state index >= 15 is 0 Å². The SMILES string of the molecule is CC(C)C[C@H]([NH3+])C(=O)NN=Cc1cccc2nccnc12.[Cl-]. The predicted octanol–water partition coefficient (Wildman–Crippen LogP) is -2.26. The molecule has 0 saturated heterocycles. The van der Waals surface area contributed by atoms with Gasteiger partial charge in [-0.05, 0) is 12.0 Å². The average Bonchev–Trinajstić information content (AvgIpc) is 2.46. The van der Waals surface area contributed by atoms with E-state index in [0.29, 0.717) is 5.92 Å². The normalized spacial score (nSPS) is 12.4. The Kier molecular flexibility index (Phi) is 6.88. The van der Waals surface area contributed by atoms with Crippen LogP contribution in [-0.2, 0) is 4.79 Å². The number of nitrogens with one attached hydrogen (secondary N) is 1. The van der Waals surface area contributed by atoms with Gasteiger partial charge in [0, 0.05) is 24.4 Å². The Balaban J connectivity index is 0.00000242. The third-order valence-electron chi connectivity index (χ3n) is 3.03. The molecular formula is C15H20ClN5O. The van der Waals surface area contributed by atoms with Gasteiger partial charge in [-0.1, -0.05) is 26.0 Å². The third-order valence-corrected chi connectivity index (χ3v) is 3.03. The molecule has 0 fully saturated rings. The molecule has 1 aromatic carbocycles. The van der Waals surface area contributed by atoms with Gasteiger partial charge in [0.15, 0.2) is 6.04 Å². The molecular weight excluding hydrogens is 302 g/mol. The molecule has 1 atom stereocenters. The number of hydrogen-bond donors (Lipinski definition) is 2. The van der Waals surface area contributed by atoms with E-state index in [2.05, 4.69) is 40.1 Å². The fourth-order valence-electron chi connectivity index (χ4n) is 2.05. The Morgan fingerprint density at radius 1 is 1.36 bits per heavy atom. The molecule has 0 spiro atoms. The first kappa shape index (κ1) is 18.0. The van der Waals surface area contributed by atoms with Crippen LogP contribution in [0.5, 0.6) is 0 Å². The number of fused-ring (bicyclic) bond motifs is 1. The topological polar surface area (TPSA) is 94.9 Å². The van der Waals surface area contributed by atoms with Crippen LogP contribution in [0.3, 0.4) is 0 Å². The largest absolute Gasteiger partial charge is 1.00 e. The zero-order valence-electron chi connectivity index (χ0n) is 12.7. The van der Waals surface area contributed by atoms with E-state index < -0.39 is 0 Å². The zero-order chi connectivity index (χ0) is 15.2. The molecule has 1 heterocycles. The van der Waals surface area contributed by atoms with Crippen molar-refractivity contribution in [3.05, 3.63) is 36.2 Å². The maximum absolute atomic E-state index is 11.8. The van der Waals surface area contributed by atoms with Crippen molar-refractivity contribution in [2.24, 2.45) is 11.0 Å². The minimum absolute atomic E-state index is 0. The van der Waals surface area contributed by atoms with E-state index in [1.54, 1.807) is 18.6 Å². The lowest BCUT2D eigenvalue weighted by Crippen LogP contribution is -3.00. The summed E-state index contributed by atoms with van der Waals surface area (Å²) in [6.45, 7) is 4.12. The number of carbonyl (C=O) groups excluding carboxylic acids is 1. The number of nitrogens with zero attached hydrogens (tertiary/aromatic N) is 3. The van der Waals surface area contributed by atoms with E-state index in [1.807, 2.05) is 18.2 Å². The number of para-hydroxylation sites is 1. The van der Waals surface area contributed by atoms with Crippen LogP contribution in [0, 0.1) is 5.92 Å². The molecule has 1 aromatic heterocycles. The van der Waals surface area contributed by atoms with Crippen molar-refractivity contribution in [3.63, 3.8) is 0 Å². The molecule has 6 nitrogen and oxygen atoms in total. The van der Waals surface area contributed by atoms with E-state index in [0.717, 1.165) is 23.0 Å². The number of hydrazone groups is 1. The molecule has 2 rings (SSSR count). The van der Waals surface area contributed by atoms with E-state index in [9.17, 15) is 4.79 Å². The summed E-state index contributed by atoms with van der Waals surface area (Å²) in [5.74, 6) is 0.252. The lowest BCUT2D eigenvalue weighted by molar-refractivity contribution is -0.406. The van der Waals surface area contributed by atoms with Crippen LogP contribution < -0.4 is 23.6 Å². The van der Waals surface area contributed by atoms with Gasteiger partial charge in [-0.25, -0.2) is 5.43 Å². The quantitative estimate of drug-likeness (QED) is 0.481. The highest BCUT2D eigenvalue weighted by Gasteiger charge is 2.17. The summed E-state index contributed by atoms with van der Waals surface area (Å²) in [6.07, 6.45) is 5.59. The second-order valence-corrected chi connectivity index (χ2v) is 5.33. The summed E-state index contributed by atoms with van der Waals surface area (Å²) in [7, 11) is 0. The number of carbonyl (C=O) groups is 1. The van der Waals surface area contributed by atoms with Crippen LogP contribution in [0.2, 0.25) is 0 Å². The highest BCUT2D eigenvalue weighted by molar-refractivity contribution is 5.96. The van der Waals surface area contributed by atoms with E-state index in [1.165, 1.54) is 0 Å². The first-order chi connectivity index (χ1) is 10.1. The molecule has 0 unspecified atom stereocenters. The Morgan fingerprint density at radius 3 is 2.82 bits per heavy atom. The summed E-state index contributed by atoms with van der Waals surface area (Å²) in [5, 5.41) is 3.99. The number of rotatable bonds is 5. The number of benzene rings is 1. The molecule has 118 valence electrons. The first-order valence-electron chi connectivity index (χ1n) is 6.93. The third kappa shape index (κ3) is 4.75. The lowest BCUT2D eigenvalue weighted by atomic mass is 10.0. The molecule has 1 amide bonds. The number of amides is 1. The Hall–Kier alpha value is -2.05. The Morgan fingerprint density at radius 2 is 2.09 bits per heavy atom. The summed E-state index contributed by atoms with van der Waals surface area (Å²) in [6, 6.07) is 5.34. The van der Waals surface area contributed by atoms with Crippen LogP contribution in [0.15, 0.2) is 35.7 Å². The first-order valence-corrected chi connectivity index (χ1v) is 6.93. The van der Waals surface area contributed by atoms with Crippen LogP contribution in [-0.4, -0.2) is 28.1 Å². The van der Waals surface area contributed by atoms with Gasteiger partial charge >= 0.3 is 0 Å². The smallest absolute Gasteiger partial charge is 0.298 e. The van der Waals surface area contributed by atoms with Crippen molar-refractivity contribution in [2.75, 3.05) is 0 Å². The molecule has 0 aliphatic carbocycles. The molecule has 0 bridgehead atoms. The van der Waals surface area contributed by atoms with Crippen LogP contribution in [0.1, 0.15) is 25.8 Å². The standard InChI is InChI=1S/C15H19N5O.ClH/c1-10(2)8-12(16)15(21)20-19-9-11-4-3-5-13-14(11)18-7-6-17-13;/h3-7,9-10,12H,8,16H2,1-2H3,(H,20,21);1H/t12-;/m0./s1. The fraction of sp³-hybridized carbons (Fsp3) is 0.333. The summed E-state index contributed by atoms with van der Waals surface area (Å²) in [4.78, 5) is 20.3. The Bertz CT molecular complexity index is 654. The molecule has 0 aliphatic rings. The van der Waals surface area contributed by atoms with Crippen molar-refractivity contribution in [1.82, 2.24) is 15.4 Å². The van der Waals surface area contributed by atoms with Crippen molar-refractivity contribution < 1.29 is 22.9 Å². The van der Waals surface area contributed by atoms with E-state index in [-0.39, 0.29) is 24.4 Å². The number of quaternary nitrogens is 1. The van der Waals surface area contributed by atoms with Gasteiger partial charge < -0.3 is 18.1 Å². The monoisotopic (exact) mass is 321 g/mol. The van der Waals surface area contributed by atoms with Gasteiger partial charge in [-0.15, -0.1) is 0 Å². The van der Waals surface area contributed by atoms with Crippen molar-refractivity contribution in [2.45, 2.75) is 26.3 Å². The zero-order valence-corrected chi connectivity index (χ0v) is 13.4. The maximum Gasteiger partial charge on any atom is 0.298 e. The summed E-state index contributed by atoms with van der Waals surface area (Å²) < 4.78 is 0. The minimum atomic E-state index is -0.297. The number of aromatic nitrogens is 2. The number of halogens is 1. The van der Waals surface area contributed by atoms with Gasteiger partial charge in [0.25, 0.3) is 5.91 Å². The van der Waals surface area contributed by atoms with Crippen molar-refractivity contribution >= 4 is 23.2 Å². The summed E-state index contributed by atoms with van der Waals surface area (Å²) >= 11 is 0. The number of hydrogen-bond acceptors (Lipinski definition) is 4. The van der Waals surface area contributed by atoms with Crippen LogP contribution >= 0.6 is 0 Å². The van der Waals surface area contributed by atoms with Crippen molar-refractivity contribution in [1.29, 1.82) is 0 Å². The Labute approximate surface area is 135 Å². The molecule has 7 heteroatoms. The van der Waals surface area contributed by atoms with Gasteiger partial charge in [0.05, 0.1) is 17.2 Å². The minimum Gasteiger partial charge on any atom is -1.00 e. The van der Waals surface area contributed by atoms with Gasteiger partial charge in [-0.2, -0.15) is 5.10 Å². The molecule has 0 aliphatic heterocycles. The molecule has 0 radical (unpaired) electrons. The average molecular weight is 322 g/mol. The highest BCUT2D eigenvalue weighted by Crippen LogP contribution is 2.11. The van der Waals surface area contributed by atoms with Gasteiger partial charge in [0.1, 0.15) is 0 Å². The molecule has 22 heavy (non-hydrogen) atoms. The second kappa shape index (κ2) is 8.41. The van der Waals surface area contributed by atoms with Gasteiger partial charge in [0.2, 0.25) is 0 Å². The van der Waals surface area contributed by atoms with Crippen LogP contribution in [0.25, 0.3) is 11.0 Å². The van der Waals surface area contributed by atoms with Gasteiger partial charge in [-0.3, -0.25) is 14.8 Å². The molecule has 4 N–H and O–H groups in total. The van der Waals surface area contributed by atoms with E-state index in [4.69, 9.17) is 0 Å². The highest BCUT2D eigenvalue weighted by atomic mass is 35.5. The predicted molar refractivity (Wildman–Crippen MR) is 81.4 cm³/mol. The van der Waals surface area contributed by atoms with Crippen molar-refractivity contribution in [3.8, 4) is 0 Å². The molecule has 0 saturated carbocycles. The fourth-order valence-corrected chi connectivity index (χ4v) is 2.05. The lowest BCUT2D eigenvalue weighted by Gasteiger charge is -2.08. The maximum atomic E-state index is 11.8. The summed E-state index contributed by atoms with van der Waals surface area (Å²) in [5.41, 5.74) is 8.73. The van der Waals surface area contributed by atoms with Crippen LogP contribution in [0.4, 0.5) is 0 Å². The second-order valence-electron chi connectivity index (χ2n) is 5.33.